The first-order valence-electron chi connectivity index (χ1n) is 37.6. The smallest absolute Gasteiger partial charge is 0.508 e. The fourth-order valence-corrected chi connectivity index (χ4v) is 13.6. The summed E-state index contributed by atoms with van der Waals surface area (Å²) in [6.07, 6.45) is 1.07. The third-order valence-electron chi connectivity index (χ3n) is 19.2. The Labute approximate surface area is 675 Å². The van der Waals surface area contributed by atoms with E-state index in [-0.39, 0.29) is 54.8 Å². The Morgan fingerprint density at radius 3 is 1.37 bits per heavy atom. The van der Waals surface area contributed by atoms with Gasteiger partial charge in [0.25, 0.3) is 5.69 Å². The first kappa shape index (κ1) is 84.3. The summed E-state index contributed by atoms with van der Waals surface area (Å²) in [7, 11) is 0. The molecular formula is C93H91N7O14S. The lowest BCUT2D eigenvalue weighted by atomic mass is 9.77. The zero-order valence-corrected chi connectivity index (χ0v) is 64.1. The lowest BCUT2D eigenvalue weighted by Gasteiger charge is -2.36. The molecular weight excluding hydrogens is 1470 g/mol. The van der Waals surface area contributed by atoms with E-state index in [1.807, 2.05) is 146 Å². The van der Waals surface area contributed by atoms with Gasteiger partial charge in [-0.25, -0.2) is 9.59 Å². The highest BCUT2D eigenvalue weighted by molar-refractivity contribution is 7.80. The number of phenols is 2. The summed E-state index contributed by atoms with van der Waals surface area (Å²) >= 11 is 5.53. The maximum absolute atomic E-state index is 13.4. The van der Waals surface area contributed by atoms with Crippen molar-refractivity contribution in [1.82, 2.24) is 10.2 Å². The topological polar surface area (TPSA) is 313 Å². The van der Waals surface area contributed by atoms with Crippen molar-refractivity contribution in [1.29, 1.82) is 0 Å². The van der Waals surface area contributed by atoms with Gasteiger partial charge in [0.15, 0.2) is 10.7 Å². The van der Waals surface area contributed by atoms with Gasteiger partial charge in [0, 0.05) is 148 Å². The molecule has 10 aromatic rings. The van der Waals surface area contributed by atoms with Gasteiger partial charge in [0.05, 0.1) is 10.5 Å². The van der Waals surface area contributed by atoms with E-state index in [0.29, 0.717) is 109 Å². The molecule has 2 aliphatic heterocycles. The molecule has 588 valence electrons. The predicted octanol–water partition coefficient (Wildman–Crippen LogP) is 15.6. The average molecular weight is 1560 g/mol. The molecule has 5 aliphatic rings. The Balaban J connectivity index is 0.000000184. The van der Waals surface area contributed by atoms with Crippen LogP contribution in [0, 0.1) is 45.6 Å². The number of fused-ring (bicyclic) bond motifs is 12. The van der Waals surface area contributed by atoms with Crippen molar-refractivity contribution in [3.05, 3.63) is 324 Å². The Bertz CT molecular complexity index is 5300. The van der Waals surface area contributed by atoms with Gasteiger partial charge in [-0.2, -0.15) is 0 Å². The molecule has 115 heavy (non-hydrogen) atoms. The summed E-state index contributed by atoms with van der Waals surface area (Å²) in [6, 6.07) is 66.5. The number of thiocarbonyl (C=S) groups is 1. The van der Waals surface area contributed by atoms with Crippen LogP contribution in [0.3, 0.4) is 0 Å². The fourth-order valence-electron chi connectivity index (χ4n) is 13.4. The number of aromatic hydroxyl groups is 2. The minimum Gasteiger partial charge on any atom is -0.508 e. The molecule has 0 aromatic heterocycles. The van der Waals surface area contributed by atoms with Gasteiger partial charge in [-0.05, 0) is 153 Å². The number of esters is 3. The number of hydrogen-bond donors (Lipinski definition) is 7. The van der Waals surface area contributed by atoms with Crippen molar-refractivity contribution in [3.63, 3.8) is 0 Å². The Morgan fingerprint density at radius 1 is 0.539 bits per heavy atom. The standard InChI is InChI=1S/C41H30N2O7S.C23H15NO5.C20H19NO2.C6H15N.C2H8N2.CH4/c44-28-14-17-33-36(22-28)48-37-23-29(45)15-18-34(37)41(33)32-16-13-27(21-31(32)39(47)50-41)43-40(51)42-19-5-10-38(46)49-35-20-26-8-2-1-6-24(26)11-12-25-7-3-4-9-30(25)35;25-23(28-20-13-11-19(12-14-20)24(26)27)29-22-15-18-7-2-1-5-16(18)9-10-17-6-3-4-8-21(17)22;21-13-5-10-20(22)23-19-14-17-8-2-1-6-15(17)11-12-16-7-3-4-9-18(16)19;1-4-7(5-2)6-3;3-1-2-4;/h1-4,6-9,13-18,21-23,35,44-45H,5,10,19-20H2,(H2,42,43,51);1-8,11-14,22H,15H2;1-4,6-9,19H,5,10,13-14,21H2;4-6H2,1-3H3;1-4H2;1H4. The highest BCUT2D eigenvalue weighted by Gasteiger charge is 2.54. The summed E-state index contributed by atoms with van der Waals surface area (Å²) in [5, 5.41) is 37.6. The number of carbonyl (C=O) groups excluding carboxylic acids is 4. The van der Waals surface area contributed by atoms with Gasteiger partial charge < -0.3 is 71.4 Å². The molecule has 3 unspecified atom stereocenters. The van der Waals surface area contributed by atoms with Crippen molar-refractivity contribution in [3.8, 4) is 64.3 Å². The number of carbonyl (C=O) groups is 4. The largest absolute Gasteiger partial charge is 0.514 e. The number of anilines is 1. The van der Waals surface area contributed by atoms with E-state index in [9.17, 15) is 39.5 Å². The molecule has 2 heterocycles. The highest BCUT2D eigenvalue weighted by atomic mass is 32.1. The van der Waals surface area contributed by atoms with E-state index in [2.05, 4.69) is 71.8 Å². The Hall–Kier alpha value is -13.1. The molecule has 10 aromatic carbocycles. The molecule has 1 spiro atoms. The number of benzene rings is 10. The molecule has 0 saturated carbocycles. The van der Waals surface area contributed by atoms with Crippen LogP contribution in [0.2, 0.25) is 0 Å². The quantitative estimate of drug-likeness (QED) is 0.00651. The molecule has 3 aliphatic carbocycles. The van der Waals surface area contributed by atoms with E-state index in [1.165, 1.54) is 68.2 Å². The molecule has 22 heteroatoms. The SMILES string of the molecule is C.CCN(CC)CC.NCCCC(=O)OC1Cc2ccccc2C#Cc2ccccc21.NCCN.O=C(CCCNC(=S)Nc1ccc2c(c1)C(=O)OC21c2ccc(O)cc2Oc2cc(O)ccc21)OC1Cc2ccccc2C#Cc2ccccc21.O=C(Oc1ccc([N+](=O)[O-])cc1)OC1Cc2ccccc2C#Cc2ccccc21. The van der Waals surface area contributed by atoms with Crippen molar-refractivity contribution in [2.24, 2.45) is 17.2 Å². The molecule has 3 atom stereocenters. The third-order valence-corrected chi connectivity index (χ3v) is 19.4. The zero-order valence-electron chi connectivity index (χ0n) is 63.3. The van der Waals surface area contributed by atoms with Gasteiger partial charge in [0.1, 0.15) is 47.1 Å². The van der Waals surface area contributed by atoms with Crippen LogP contribution in [0.15, 0.2) is 224 Å². The number of phenolic OH excluding ortho intramolecular Hbond substituents is 2. The number of nitrogens with zero attached hydrogens (tertiary/aromatic N) is 2. The molecule has 21 nitrogen and oxygen atoms in total. The molecule has 15 rings (SSSR count). The summed E-state index contributed by atoms with van der Waals surface area (Å²) in [4.78, 5) is 63.5. The minimum absolute atomic E-state index is 0. The molecule has 0 amide bonds. The van der Waals surface area contributed by atoms with Gasteiger partial charge in [-0.1, -0.05) is 179 Å². The lowest BCUT2D eigenvalue weighted by Crippen LogP contribution is -2.33. The number of nitrogens with two attached hydrogens (primary N) is 3. The number of rotatable bonds is 17. The van der Waals surface area contributed by atoms with Crippen LogP contribution in [-0.4, -0.2) is 95.0 Å². The minimum atomic E-state index is -1.35. The Kier molecular flexibility index (Phi) is 30.0. The first-order valence-corrected chi connectivity index (χ1v) is 38.0. The van der Waals surface area contributed by atoms with Crippen molar-refractivity contribution >= 4 is 52.8 Å². The second-order valence-electron chi connectivity index (χ2n) is 26.6. The van der Waals surface area contributed by atoms with Crippen molar-refractivity contribution < 1.29 is 62.7 Å². The average Bonchev–Trinajstić information content (AvgIpc) is 1.58. The second kappa shape index (κ2) is 40.9. The molecule has 10 N–H and O–H groups in total. The van der Waals surface area contributed by atoms with Crippen LogP contribution in [0.4, 0.5) is 16.2 Å². The highest BCUT2D eigenvalue weighted by Crippen LogP contribution is 2.57. The van der Waals surface area contributed by atoms with Gasteiger partial charge in [-0.3, -0.25) is 19.7 Å². The monoisotopic (exact) mass is 1560 g/mol. The maximum atomic E-state index is 13.4. The number of hydrogen-bond acceptors (Lipinski definition) is 19. The lowest BCUT2D eigenvalue weighted by molar-refractivity contribution is -0.384. The van der Waals surface area contributed by atoms with Crippen LogP contribution in [0.5, 0.6) is 28.7 Å². The summed E-state index contributed by atoms with van der Waals surface area (Å²) < 4.78 is 34.8. The van der Waals surface area contributed by atoms with E-state index >= 15 is 0 Å². The molecule has 0 saturated heterocycles. The van der Waals surface area contributed by atoms with Crippen LogP contribution in [0.1, 0.15) is 166 Å². The van der Waals surface area contributed by atoms with Crippen LogP contribution >= 0.6 is 12.2 Å². The number of nitrogens with one attached hydrogen (secondary N) is 2. The number of nitro benzene ring substituents is 1. The predicted molar refractivity (Wildman–Crippen MR) is 446 cm³/mol. The first-order chi connectivity index (χ1) is 55.4. The van der Waals surface area contributed by atoms with Crippen LogP contribution in [0.25, 0.3) is 0 Å². The van der Waals surface area contributed by atoms with Crippen molar-refractivity contribution in [2.45, 2.75) is 97.1 Å². The molecule has 0 radical (unpaired) electrons. The van der Waals surface area contributed by atoms with Gasteiger partial charge >= 0.3 is 24.1 Å². The third kappa shape index (κ3) is 21.6. The van der Waals surface area contributed by atoms with Gasteiger partial charge in [0.2, 0.25) is 0 Å². The summed E-state index contributed by atoms with van der Waals surface area (Å²) in [5.74, 6) is 18.9. The normalized spacial score (nSPS) is 14.4. The summed E-state index contributed by atoms with van der Waals surface area (Å²) in [6.45, 7) is 12.2. The second-order valence-corrected chi connectivity index (χ2v) is 27.0. The van der Waals surface area contributed by atoms with E-state index in [0.717, 1.165) is 66.8 Å². The number of non-ortho nitro benzene ring substituents is 1. The van der Waals surface area contributed by atoms with Gasteiger partial charge in [-0.15, -0.1) is 0 Å². The molecule has 0 bridgehead atoms. The maximum Gasteiger partial charge on any atom is 0.514 e. The van der Waals surface area contributed by atoms with Crippen LogP contribution in [-0.2, 0) is 53.4 Å². The van der Waals surface area contributed by atoms with Crippen LogP contribution < -0.4 is 37.3 Å². The number of nitro groups is 1. The van der Waals surface area contributed by atoms with Crippen molar-refractivity contribution in [2.75, 3.05) is 51.1 Å². The molecule has 0 fully saturated rings. The Morgan fingerprint density at radius 2 is 0.948 bits per heavy atom. The van der Waals surface area contributed by atoms with E-state index in [1.54, 1.807) is 30.3 Å². The number of ether oxygens (including phenoxy) is 6. The van der Waals surface area contributed by atoms with E-state index < -0.39 is 34.9 Å². The van der Waals surface area contributed by atoms with E-state index in [4.69, 9.17) is 57.8 Å². The fraction of sp³-hybridized carbons (Fsp3) is 0.237. The zero-order chi connectivity index (χ0) is 80.5. The summed E-state index contributed by atoms with van der Waals surface area (Å²) in [5.41, 5.74) is 27.5.